The standard InChI is InChI=1S/C13H22N2O3/c1-10(6-5-9-12(16)17)14-13(18)15-11-7-3-2-4-8-11/h2-3,10-11H,4-9H2,1H3,(H,16,17)(H2,14,15,18). The van der Waals surface area contributed by atoms with E-state index in [9.17, 15) is 9.59 Å². The summed E-state index contributed by atoms with van der Waals surface area (Å²) in [6.07, 6.45) is 8.53. The van der Waals surface area contributed by atoms with Crippen molar-refractivity contribution >= 4 is 12.0 Å². The zero-order valence-corrected chi connectivity index (χ0v) is 10.8. The summed E-state index contributed by atoms with van der Waals surface area (Å²) in [4.78, 5) is 22.0. The van der Waals surface area contributed by atoms with Gasteiger partial charge in [-0.3, -0.25) is 4.79 Å². The summed E-state index contributed by atoms with van der Waals surface area (Å²) in [6, 6.07) is 0.0721. The lowest BCUT2D eigenvalue weighted by molar-refractivity contribution is -0.137. The Morgan fingerprint density at radius 2 is 2.22 bits per heavy atom. The lowest BCUT2D eigenvalue weighted by Crippen LogP contribution is -2.45. The van der Waals surface area contributed by atoms with Crippen molar-refractivity contribution in [2.45, 2.75) is 57.5 Å². The first-order chi connectivity index (χ1) is 8.58. The van der Waals surface area contributed by atoms with Gasteiger partial charge in [-0.1, -0.05) is 12.2 Å². The number of carboxylic acids is 1. The predicted octanol–water partition coefficient (Wildman–Crippen LogP) is 2.04. The quantitative estimate of drug-likeness (QED) is 0.635. The molecule has 0 saturated carbocycles. The molecule has 3 N–H and O–H groups in total. The molecule has 1 aliphatic rings. The van der Waals surface area contributed by atoms with E-state index < -0.39 is 5.97 Å². The Hall–Kier alpha value is -1.52. The van der Waals surface area contributed by atoms with Crippen molar-refractivity contribution < 1.29 is 14.7 Å². The third-order valence-corrected chi connectivity index (χ3v) is 3.01. The molecule has 0 spiro atoms. The van der Waals surface area contributed by atoms with Gasteiger partial charge in [0.05, 0.1) is 0 Å². The molecule has 0 bridgehead atoms. The van der Waals surface area contributed by atoms with E-state index in [1.807, 2.05) is 6.92 Å². The first kappa shape index (κ1) is 14.5. The highest BCUT2D eigenvalue weighted by Crippen LogP contribution is 2.10. The van der Waals surface area contributed by atoms with Crippen LogP contribution in [-0.2, 0) is 4.79 Å². The fraction of sp³-hybridized carbons (Fsp3) is 0.692. The Labute approximate surface area is 108 Å². The highest BCUT2D eigenvalue weighted by atomic mass is 16.4. The van der Waals surface area contributed by atoms with Gasteiger partial charge in [-0.15, -0.1) is 0 Å². The summed E-state index contributed by atoms with van der Waals surface area (Å²) >= 11 is 0. The van der Waals surface area contributed by atoms with Gasteiger partial charge in [0.2, 0.25) is 0 Å². The summed E-state index contributed by atoms with van der Waals surface area (Å²) in [5, 5.41) is 14.3. The average molecular weight is 254 g/mol. The van der Waals surface area contributed by atoms with Crippen molar-refractivity contribution in [3.05, 3.63) is 12.2 Å². The third kappa shape index (κ3) is 6.27. The SMILES string of the molecule is CC(CCCC(=O)O)NC(=O)NC1CC=CCC1. The van der Waals surface area contributed by atoms with Crippen LogP contribution >= 0.6 is 0 Å². The van der Waals surface area contributed by atoms with Crippen LogP contribution in [0.3, 0.4) is 0 Å². The number of aliphatic carboxylic acids is 1. The largest absolute Gasteiger partial charge is 0.481 e. The molecule has 0 saturated heterocycles. The summed E-state index contributed by atoms with van der Waals surface area (Å²) in [5.41, 5.74) is 0. The molecular formula is C13H22N2O3. The topological polar surface area (TPSA) is 78.4 Å². The number of carboxylic acid groups (broad SMARTS) is 1. The van der Waals surface area contributed by atoms with E-state index in [4.69, 9.17) is 5.11 Å². The molecular weight excluding hydrogens is 232 g/mol. The van der Waals surface area contributed by atoms with Crippen molar-refractivity contribution in [1.82, 2.24) is 10.6 Å². The van der Waals surface area contributed by atoms with E-state index in [0.717, 1.165) is 19.3 Å². The molecule has 18 heavy (non-hydrogen) atoms. The molecule has 102 valence electrons. The van der Waals surface area contributed by atoms with E-state index in [0.29, 0.717) is 12.8 Å². The second-order valence-electron chi connectivity index (χ2n) is 4.79. The summed E-state index contributed by atoms with van der Waals surface area (Å²) in [5.74, 6) is -0.791. The first-order valence-electron chi connectivity index (χ1n) is 6.51. The summed E-state index contributed by atoms with van der Waals surface area (Å²) in [6.45, 7) is 1.89. The second-order valence-corrected chi connectivity index (χ2v) is 4.79. The van der Waals surface area contributed by atoms with Crippen LogP contribution in [0.15, 0.2) is 12.2 Å². The molecule has 2 unspecified atom stereocenters. The molecule has 0 radical (unpaired) electrons. The van der Waals surface area contributed by atoms with E-state index in [2.05, 4.69) is 22.8 Å². The molecule has 0 aromatic rings. The number of carbonyl (C=O) groups excluding carboxylic acids is 1. The Bertz CT molecular complexity index is 315. The Morgan fingerprint density at radius 1 is 1.44 bits per heavy atom. The number of urea groups is 1. The minimum atomic E-state index is -0.791. The molecule has 5 heteroatoms. The number of nitrogens with one attached hydrogen (secondary N) is 2. The van der Waals surface area contributed by atoms with Gasteiger partial charge in [0.1, 0.15) is 0 Å². The van der Waals surface area contributed by atoms with Crippen LogP contribution in [-0.4, -0.2) is 29.2 Å². The van der Waals surface area contributed by atoms with Crippen molar-refractivity contribution in [2.75, 3.05) is 0 Å². The highest BCUT2D eigenvalue weighted by Gasteiger charge is 2.14. The van der Waals surface area contributed by atoms with Crippen LogP contribution < -0.4 is 10.6 Å². The zero-order valence-electron chi connectivity index (χ0n) is 10.8. The fourth-order valence-electron chi connectivity index (χ4n) is 2.01. The van der Waals surface area contributed by atoms with E-state index in [1.165, 1.54) is 0 Å². The maximum Gasteiger partial charge on any atom is 0.315 e. The molecule has 0 heterocycles. The van der Waals surface area contributed by atoms with Gasteiger partial charge in [-0.2, -0.15) is 0 Å². The van der Waals surface area contributed by atoms with Crippen molar-refractivity contribution in [2.24, 2.45) is 0 Å². The number of rotatable bonds is 6. The Balaban J connectivity index is 2.14. The van der Waals surface area contributed by atoms with Gasteiger partial charge in [-0.25, -0.2) is 4.79 Å². The van der Waals surface area contributed by atoms with Crippen LogP contribution in [0.2, 0.25) is 0 Å². The van der Waals surface area contributed by atoms with Crippen LogP contribution in [0.4, 0.5) is 4.79 Å². The van der Waals surface area contributed by atoms with Gasteiger partial charge in [0.15, 0.2) is 0 Å². The van der Waals surface area contributed by atoms with Crippen LogP contribution in [0, 0.1) is 0 Å². The van der Waals surface area contributed by atoms with Crippen LogP contribution in [0.5, 0.6) is 0 Å². The lowest BCUT2D eigenvalue weighted by Gasteiger charge is -2.21. The normalized spacial score (nSPS) is 20.2. The maximum atomic E-state index is 11.7. The lowest BCUT2D eigenvalue weighted by atomic mass is 10.0. The molecule has 1 aliphatic carbocycles. The number of carbonyl (C=O) groups is 2. The first-order valence-corrected chi connectivity index (χ1v) is 6.51. The van der Waals surface area contributed by atoms with E-state index in [-0.39, 0.29) is 24.5 Å². The maximum absolute atomic E-state index is 11.7. The van der Waals surface area contributed by atoms with E-state index in [1.54, 1.807) is 0 Å². The predicted molar refractivity (Wildman–Crippen MR) is 69.4 cm³/mol. The Kier molecular flexibility index (Phi) is 6.25. The van der Waals surface area contributed by atoms with E-state index >= 15 is 0 Å². The number of hydrogen-bond acceptors (Lipinski definition) is 2. The molecule has 2 atom stereocenters. The minimum Gasteiger partial charge on any atom is -0.481 e. The highest BCUT2D eigenvalue weighted by molar-refractivity contribution is 5.74. The van der Waals surface area contributed by atoms with Crippen molar-refractivity contribution in [3.8, 4) is 0 Å². The summed E-state index contributed by atoms with van der Waals surface area (Å²) < 4.78 is 0. The second kappa shape index (κ2) is 7.74. The molecule has 1 rings (SSSR count). The van der Waals surface area contributed by atoms with Gasteiger partial charge in [-0.05, 0) is 39.0 Å². The number of amides is 2. The van der Waals surface area contributed by atoms with Crippen molar-refractivity contribution in [3.63, 3.8) is 0 Å². The smallest absolute Gasteiger partial charge is 0.315 e. The van der Waals surface area contributed by atoms with Gasteiger partial charge in [0, 0.05) is 18.5 Å². The molecule has 0 aromatic carbocycles. The molecule has 0 fully saturated rings. The number of hydrogen-bond donors (Lipinski definition) is 3. The summed E-state index contributed by atoms with van der Waals surface area (Å²) in [7, 11) is 0. The van der Waals surface area contributed by atoms with Gasteiger partial charge >= 0.3 is 12.0 Å². The van der Waals surface area contributed by atoms with Crippen LogP contribution in [0.1, 0.15) is 45.4 Å². The van der Waals surface area contributed by atoms with Crippen LogP contribution in [0.25, 0.3) is 0 Å². The average Bonchev–Trinajstić information content (AvgIpc) is 2.29. The zero-order chi connectivity index (χ0) is 13.4. The molecule has 5 nitrogen and oxygen atoms in total. The fourth-order valence-corrected chi connectivity index (χ4v) is 2.01. The Morgan fingerprint density at radius 3 is 2.83 bits per heavy atom. The van der Waals surface area contributed by atoms with Gasteiger partial charge in [0.25, 0.3) is 0 Å². The third-order valence-electron chi connectivity index (χ3n) is 3.01. The van der Waals surface area contributed by atoms with Crippen molar-refractivity contribution in [1.29, 1.82) is 0 Å². The number of allylic oxidation sites excluding steroid dienone is 1. The minimum absolute atomic E-state index is 0.00322. The van der Waals surface area contributed by atoms with Gasteiger partial charge < -0.3 is 15.7 Å². The molecule has 2 amide bonds. The molecule has 0 aliphatic heterocycles. The monoisotopic (exact) mass is 254 g/mol. The molecule has 0 aromatic heterocycles.